The number of benzene rings is 3. The molecule has 0 radical (unpaired) electrons. The Labute approximate surface area is 154 Å². The maximum Gasteiger partial charge on any atom is 0.246 e. The van der Waals surface area contributed by atoms with Gasteiger partial charge in [0, 0.05) is 12.2 Å². The maximum absolute atomic E-state index is 12.6. The van der Waals surface area contributed by atoms with Crippen molar-refractivity contribution < 1.29 is 9.53 Å². The predicted octanol–water partition coefficient (Wildman–Crippen LogP) is 4.94. The molecule has 0 spiro atoms. The van der Waals surface area contributed by atoms with Gasteiger partial charge in [0.25, 0.3) is 0 Å². The Hall–Kier alpha value is -3.27. The highest BCUT2D eigenvalue weighted by molar-refractivity contribution is 5.96. The molecular weight excluding hydrogens is 324 g/mol. The first-order valence-electron chi connectivity index (χ1n) is 8.69. The van der Waals surface area contributed by atoms with Crippen LogP contribution in [0.3, 0.4) is 0 Å². The first-order valence-corrected chi connectivity index (χ1v) is 8.69. The zero-order valence-electron chi connectivity index (χ0n) is 14.8. The molecule has 0 atom stereocenters. The highest BCUT2D eigenvalue weighted by Crippen LogP contribution is 2.29. The lowest BCUT2D eigenvalue weighted by Gasteiger charge is -2.22. The number of rotatable bonds is 7. The van der Waals surface area contributed by atoms with Crippen molar-refractivity contribution in [1.82, 2.24) is 0 Å². The van der Waals surface area contributed by atoms with Crippen LogP contribution in [0.1, 0.15) is 6.92 Å². The predicted molar refractivity (Wildman–Crippen MR) is 106 cm³/mol. The molecule has 26 heavy (non-hydrogen) atoms. The number of para-hydroxylation sites is 4. The molecule has 3 aromatic rings. The topological polar surface area (TPSA) is 41.6 Å². The standard InChI is InChI=1S/C22H22N2O2/c1-2-24(18-11-5-3-6-12-18)22(25)17-23-20-15-9-10-16-21(20)26-19-13-7-4-8-14-19/h3-16,23H,2,17H2,1H3. The van der Waals surface area contributed by atoms with Crippen LogP contribution in [0.25, 0.3) is 0 Å². The third kappa shape index (κ3) is 4.42. The van der Waals surface area contributed by atoms with Gasteiger partial charge < -0.3 is 15.0 Å². The van der Waals surface area contributed by atoms with Gasteiger partial charge in [-0.1, -0.05) is 48.5 Å². The van der Waals surface area contributed by atoms with E-state index in [2.05, 4.69) is 5.32 Å². The molecule has 0 aliphatic carbocycles. The van der Waals surface area contributed by atoms with Gasteiger partial charge in [0.2, 0.25) is 5.91 Å². The van der Waals surface area contributed by atoms with E-state index in [-0.39, 0.29) is 12.5 Å². The fourth-order valence-electron chi connectivity index (χ4n) is 2.69. The molecule has 4 heteroatoms. The van der Waals surface area contributed by atoms with Gasteiger partial charge >= 0.3 is 0 Å². The van der Waals surface area contributed by atoms with E-state index in [0.29, 0.717) is 12.3 Å². The fraction of sp³-hybridized carbons (Fsp3) is 0.136. The van der Waals surface area contributed by atoms with Crippen molar-refractivity contribution in [2.24, 2.45) is 0 Å². The molecule has 0 aromatic heterocycles. The number of amides is 1. The van der Waals surface area contributed by atoms with Crippen LogP contribution in [0.5, 0.6) is 11.5 Å². The molecule has 1 N–H and O–H groups in total. The summed E-state index contributed by atoms with van der Waals surface area (Å²) in [6.45, 7) is 2.78. The summed E-state index contributed by atoms with van der Waals surface area (Å²) in [6, 6.07) is 26.9. The summed E-state index contributed by atoms with van der Waals surface area (Å²) in [6.07, 6.45) is 0. The summed E-state index contributed by atoms with van der Waals surface area (Å²) in [5.41, 5.74) is 1.68. The van der Waals surface area contributed by atoms with Gasteiger partial charge in [-0.05, 0) is 43.3 Å². The average molecular weight is 346 g/mol. The SMILES string of the molecule is CCN(C(=O)CNc1ccccc1Oc1ccccc1)c1ccccc1. The van der Waals surface area contributed by atoms with E-state index < -0.39 is 0 Å². The lowest BCUT2D eigenvalue weighted by molar-refractivity contribution is -0.116. The fourth-order valence-corrected chi connectivity index (χ4v) is 2.69. The van der Waals surface area contributed by atoms with E-state index in [1.807, 2.05) is 91.9 Å². The van der Waals surface area contributed by atoms with E-state index in [1.54, 1.807) is 4.90 Å². The summed E-state index contributed by atoms with van der Waals surface area (Å²) in [5, 5.41) is 3.20. The molecule has 0 saturated carbocycles. The van der Waals surface area contributed by atoms with E-state index in [9.17, 15) is 4.79 Å². The van der Waals surface area contributed by atoms with Gasteiger partial charge in [-0.2, -0.15) is 0 Å². The smallest absolute Gasteiger partial charge is 0.246 e. The Balaban J connectivity index is 1.68. The number of carbonyl (C=O) groups excluding carboxylic acids is 1. The number of nitrogens with one attached hydrogen (secondary N) is 1. The van der Waals surface area contributed by atoms with Crippen molar-refractivity contribution in [3.63, 3.8) is 0 Å². The number of hydrogen-bond donors (Lipinski definition) is 1. The van der Waals surface area contributed by atoms with Crippen molar-refractivity contribution in [2.75, 3.05) is 23.3 Å². The van der Waals surface area contributed by atoms with Crippen LogP contribution in [0.15, 0.2) is 84.9 Å². The minimum atomic E-state index is 0.00761. The summed E-state index contributed by atoms with van der Waals surface area (Å²) >= 11 is 0. The molecule has 0 unspecified atom stereocenters. The molecule has 132 valence electrons. The lowest BCUT2D eigenvalue weighted by Crippen LogP contribution is -2.35. The molecule has 4 nitrogen and oxygen atoms in total. The number of carbonyl (C=O) groups is 1. The summed E-state index contributed by atoms with van der Waals surface area (Å²) in [7, 11) is 0. The minimum absolute atomic E-state index is 0.00761. The Morgan fingerprint density at radius 1 is 0.885 bits per heavy atom. The Morgan fingerprint density at radius 3 is 2.19 bits per heavy atom. The van der Waals surface area contributed by atoms with Crippen LogP contribution in [-0.4, -0.2) is 19.0 Å². The summed E-state index contributed by atoms with van der Waals surface area (Å²) < 4.78 is 5.93. The molecule has 3 rings (SSSR count). The number of hydrogen-bond acceptors (Lipinski definition) is 3. The van der Waals surface area contributed by atoms with E-state index in [1.165, 1.54) is 0 Å². The molecule has 0 aliphatic rings. The van der Waals surface area contributed by atoms with Crippen molar-refractivity contribution in [2.45, 2.75) is 6.92 Å². The molecular formula is C22H22N2O2. The monoisotopic (exact) mass is 346 g/mol. The summed E-state index contributed by atoms with van der Waals surface area (Å²) in [5.74, 6) is 1.45. The van der Waals surface area contributed by atoms with Gasteiger partial charge in [0.1, 0.15) is 5.75 Å². The first-order chi connectivity index (χ1) is 12.8. The third-order valence-corrected chi connectivity index (χ3v) is 3.97. The van der Waals surface area contributed by atoms with Crippen LogP contribution in [0.4, 0.5) is 11.4 Å². The normalized spacial score (nSPS) is 10.2. The number of nitrogens with zero attached hydrogens (tertiary/aromatic N) is 1. The van der Waals surface area contributed by atoms with Crippen molar-refractivity contribution >= 4 is 17.3 Å². The highest BCUT2D eigenvalue weighted by Gasteiger charge is 2.14. The number of ether oxygens (including phenoxy) is 1. The van der Waals surface area contributed by atoms with Gasteiger partial charge in [0.15, 0.2) is 5.75 Å². The van der Waals surface area contributed by atoms with E-state index in [0.717, 1.165) is 17.1 Å². The Bertz CT molecular complexity index is 835. The van der Waals surface area contributed by atoms with Crippen LogP contribution < -0.4 is 15.0 Å². The second-order valence-electron chi connectivity index (χ2n) is 5.74. The quantitative estimate of drug-likeness (QED) is 0.658. The van der Waals surface area contributed by atoms with Gasteiger partial charge in [-0.25, -0.2) is 0 Å². The van der Waals surface area contributed by atoms with Gasteiger partial charge in [0.05, 0.1) is 12.2 Å². The van der Waals surface area contributed by atoms with Crippen LogP contribution >= 0.6 is 0 Å². The largest absolute Gasteiger partial charge is 0.455 e. The van der Waals surface area contributed by atoms with Crippen LogP contribution in [0, 0.1) is 0 Å². The van der Waals surface area contributed by atoms with Crippen molar-refractivity contribution in [3.05, 3.63) is 84.9 Å². The minimum Gasteiger partial charge on any atom is -0.455 e. The zero-order chi connectivity index (χ0) is 18.2. The van der Waals surface area contributed by atoms with Crippen molar-refractivity contribution in [3.8, 4) is 11.5 Å². The Kier molecular flexibility index (Phi) is 5.88. The van der Waals surface area contributed by atoms with Crippen LogP contribution in [0.2, 0.25) is 0 Å². The van der Waals surface area contributed by atoms with E-state index in [4.69, 9.17) is 4.74 Å². The zero-order valence-corrected chi connectivity index (χ0v) is 14.8. The Morgan fingerprint density at radius 2 is 1.50 bits per heavy atom. The highest BCUT2D eigenvalue weighted by atomic mass is 16.5. The first kappa shape index (κ1) is 17.5. The second-order valence-corrected chi connectivity index (χ2v) is 5.74. The second kappa shape index (κ2) is 8.72. The van der Waals surface area contributed by atoms with E-state index >= 15 is 0 Å². The lowest BCUT2D eigenvalue weighted by atomic mass is 10.2. The average Bonchev–Trinajstić information content (AvgIpc) is 2.69. The molecule has 0 saturated heterocycles. The van der Waals surface area contributed by atoms with Crippen LogP contribution in [-0.2, 0) is 4.79 Å². The molecule has 0 fully saturated rings. The molecule has 0 aliphatic heterocycles. The third-order valence-electron chi connectivity index (χ3n) is 3.97. The summed E-state index contributed by atoms with van der Waals surface area (Å²) in [4.78, 5) is 14.4. The molecule has 3 aromatic carbocycles. The van der Waals surface area contributed by atoms with Crippen molar-refractivity contribution in [1.29, 1.82) is 0 Å². The number of anilines is 2. The molecule has 1 amide bonds. The molecule has 0 bridgehead atoms. The number of likely N-dealkylation sites (N-methyl/N-ethyl adjacent to an activating group) is 1. The van der Waals surface area contributed by atoms with Gasteiger partial charge in [-0.3, -0.25) is 4.79 Å². The van der Waals surface area contributed by atoms with Gasteiger partial charge in [-0.15, -0.1) is 0 Å². The maximum atomic E-state index is 12.6. The molecule has 0 heterocycles.